The molecule has 6 rings (SSSR count). The van der Waals surface area contributed by atoms with Crippen LogP contribution in [0.3, 0.4) is 0 Å². The second-order valence-corrected chi connectivity index (χ2v) is 17.7. The molecule has 1 aliphatic heterocycles. The molecule has 0 saturated carbocycles. The van der Waals surface area contributed by atoms with Gasteiger partial charge in [-0.25, -0.2) is 4.57 Å². The van der Waals surface area contributed by atoms with Gasteiger partial charge in [0.1, 0.15) is 18.5 Å². The van der Waals surface area contributed by atoms with Gasteiger partial charge in [-0.3, -0.25) is 0 Å². The van der Waals surface area contributed by atoms with Crippen LogP contribution in [0.2, 0.25) is 19.6 Å². The second-order valence-electron chi connectivity index (χ2n) is 12.7. The summed E-state index contributed by atoms with van der Waals surface area (Å²) in [4.78, 5) is 0. The molecule has 36 heavy (non-hydrogen) atoms. The van der Waals surface area contributed by atoms with Gasteiger partial charge in [0, 0.05) is 17.0 Å². The molecule has 1 aliphatic rings. The summed E-state index contributed by atoms with van der Waals surface area (Å²) in [5.74, 6) is 2.01. The van der Waals surface area contributed by atoms with E-state index in [0.29, 0.717) is 0 Å². The van der Waals surface area contributed by atoms with Crippen LogP contribution in [-0.4, -0.2) is 8.07 Å². The highest BCUT2D eigenvalue weighted by Gasteiger charge is 2.36. The lowest BCUT2D eigenvalue weighted by Crippen LogP contribution is -2.38. The number of nitrogens with zero attached hydrogens (tertiary/aromatic N) is 1. The van der Waals surface area contributed by atoms with Crippen LogP contribution in [0, 0.1) is 13.8 Å². The summed E-state index contributed by atoms with van der Waals surface area (Å²) in [6, 6.07) is 18.3. The largest absolute Gasteiger partial charge is 0.455 e. The van der Waals surface area contributed by atoms with Gasteiger partial charge in [0.2, 0.25) is 5.69 Å². The number of hydrogen-bond acceptors (Lipinski definition) is 1. The lowest BCUT2D eigenvalue weighted by molar-refractivity contribution is -0.659. The zero-order valence-corrected chi connectivity index (χ0v) is 24.1. The number of hydrogen-bond donors (Lipinski definition) is 0. The van der Waals surface area contributed by atoms with Crippen LogP contribution in [0.25, 0.3) is 43.6 Å². The van der Waals surface area contributed by atoms with E-state index in [1.54, 1.807) is 0 Å². The Labute approximate surface area is 215 Å². The molecule has 0 atom stereocenters. The molecular weight excluding hydrogens is 454 g/mol. The van der Waals surface area contributed by atoms with Crippen LogP contribution in [0.15, 0.2) is 54.7 Å². The standard InChI is InChI=1S/C33H36NOSi/c1-19-13-14-23-24(17-19)20(2)28-31-29-22(15-16-34(31)6)21-11-10-12-27(36(7,8)9)25(21)18-26(29)35-32(28)30(23)33(3,4)5/h10-18H,1-9H3/q+1. The van der Waals surface area contributed by atoms with Crippen LogP contribution in [-0.2, 0) is 12.5 Å². The summed E-state index contributed by atoms with van der Waals surface area (Å²) < 4.78 is 9.35. The summed E-state index contributed by atoms with van der Waals surface area (Å²) in [5.41, 5.74) is 6.29. The van der Waals surface area contributed by atoms with Gasteiger partial charge in [-0.1, -0.05) is 87.6 Å². The van der Waals surface area contributed by atoms with Crippen molar-refractivity contribution in [3.8, 4) is 22.8 Å². The molecule has 2 heterocycles. The third-order valence-electron chi connectivity index (χ3n) is 7.93. The van der Waals surface area contributed by atoms with E-state index in [4.69, 9.17) is 4.74 Å². The number of aryl methyl sites for hydroxylation is 3. The minimum absolute atomic E-state index is 0.0738. The van der Waals surface area contributed by atoms with Crippen LogP contribution in [0.5, 0.6) is 11.5 Å². The van der Waals surface area contributed by atoms with Crippen molar-refractivity contribution in [1.29, 1.82) is 0 Å². The molecule has 0 N–H and O–H groups in total. The van der Waals surface area contributed by atoms with Crippen molar-refractivity contribution in [2.24, 2.45) is 7.05 Å². The summed E-state index contributed by atoms with van der Waals surface area (Å²) in [7, 11) is 0.622. The van der Waals surface area contributed by atoms with Crippen molar-refractivity contribution in [2.45, 2.75) is 59.7 Å². The zero-order chi connectivity index (χ0) is 25.7. The van der Waals surface area contributed by atoms with Crippen molar-refractivity contribution in [1.82, 2.24) is 0 Å². The Bertz CT molecular complexity index is 1750. The Kier molecular flexibility index (Phi) is 4.79. The third-order valence-corrected chi connectivity index (χ3v) is 9.98. The SMILES string of the molecule is Cc1ccc2c(C(C)(C)C)c3c(c(C)c2c1)-c1c2c(cc4c([Si](C)(C)C)cccc4c2cc[n+]1C)O3. The molecule has 4 aromatic carbocycles. The average molecular weight is 491 g/mol. The maximum atomic E-state index is 7.06. The van der Waals surface area contributed by atoms with Gasteiger partial charge >= 0.3 is 0 Å². The van der Waals surface area contributed by atoms with E-state index in [9.17, 15) is 0 Å². The first-order valence-electron chi connectivity index (χ1n) is 13.0. The number of benzene rings is 4. The molecule has 0 fully saturated rings. The molecule has 3 heteroatoms. The Morgan fingerprint density at radius 1 is 0.806 bits per heavy atom. The van der Waals surface area contributed by atoms with E-state index in [1.165, 1.54) is 65.5 Å². The van der Waals surface area contributed by atoms with E-state index in [-0.39, 0.29) is 5.41 Å². The molecule has 1 aromatic heterocycles. The van der Waals surface area contributed by atoms with E-state index in [2.05, 4.69) is 121 Å². The van der Waals surface area contributed by atoms with Gasteiger partial charge in [-0.15, -0.1) is 0 Å². The minimum atomic E-state index is -1.55. The maximum Gasteiger partial charge on any atom is 0.228 e. The Balaban J connectivity index is 1.85. The highest BCUT2D eigenvalue weighted by atomic mass is 28.3. The Morgan fingerprint density at radius 2 is 1.56 bits per heavy atom. The fraction of sp³-hybridized carbons (Fsp3) is 0.303. The summed E-state index contributed by atoms with van der Waals surface area (Å²) in [6.07, 6.45) is 2.23. The predicted octanol–water partition coefficient (Wildman–Crippen LogP) is 8.20. The van der Waals surface area contributed by atoms with Crippen molar-refractivity contribution in [3.05, 3.63) is 71.4 Å². The van der Waals surface area contributed by atoms with Gasteiger partial charge < -0.3 is 4.74 Å². The first kappa shape index (κ1) is 23.2. The van der Waals surface area contributed by atoms with Crippen LogP contribution < -0.4 is 14.5 Å². The molecule has 0 unspecified atom stereocenters. The fourth-order valence-corrected chi connectivity index (χ4v) is 7.91. The number of pyridine rings is 1. The van der Waals surface area contributed by atoms with Crippen LogP contribution >= 0.6 is 0 Å². The monoisotopic (exact) mass is 490 g/mol. The molecular formula is C33H36NOSi+. The third kappa shape index (κ3) is 3.18. The molecule has 0 saturated heterocycles. The molecule has 2 nitrogen and oxygen atoms in total. The zero-order valence-electron chi connectivity index (χ0n) is 23.1. The second kappa shape index (κ2) is 7.42. The minimum Gasteiger partial charge on any atom is -0.455 e. The van der Waals surface area contributed by atoms with Gasteiger partial charge in [0.25, 0.3) is 0 Å². The first-order valence-corrected chi connectivity index (χ1v) is 16.5. The molecule has 0 amide bonds. The maximum absolute atomic E-state index is 7.06. The lowest BCUT2D eigenvalue weighted by atomic mass is 9.78. The average Bonchev–Trinajstić information content (AvgIpc) is 2.79. The smallest absolute Gasteiger partial charge is 0.228 e. The highest BCUT2D eigenvalue weighted by Crippen LogP contribution is 2.54. The van der Waals surface area contributed by atoms with E-state index >= 15 is 0 Å². The highest BCUT2D eigenvalue weighted by molar-refractivity contribution is 6.90. The van der Waals surface area contributed by atoms with Gasteiger partial charge in [0.15, 0.2) is 6.20 Å². The number of aromatic nitrogens is 1. The molecule has 5 aromatic rings. The number of ether oxygens (including phenoxy) is 1. The van der Waals surface area contributed by atoms with Crippen molar-refractivity contribution in [3.63, 3.8) is 0 Å². The number of rotatable bonds is 1. The van der Waals surface area contributed by atoms with Crippen LogP contribution in [0.1, 0.15) is 37.5 Å². The van der Waals surface area contributed by atoms with Gasteiger partial charge in [-0.2, -0.15) is 0 Å². The fourth-order valence-electron chi connectivity index (χ4n) is 6.30. The van der Waals surface area contributed by atoms with Crippen molar-refractivity contribution in [2.75, 3.05) is 0 Å². The first-order chi connectivity index (χ1) is 16.9. The summed E-state index contributed by atoms with van der Waals surface area (Å²) >= 11 is 0. The van der Waals surface area contributed by atoms with E-state index < -0.39 is 8.07 Å². The van der Waals surface area contributed by atoms with Crippen molar-refractivity contribution >= 4 is 45.6 Å². The Hall–Kier alpha value is -3.17. The topological polar surface area (TPSA) is 13.1 Å². The Morgan fingerprint density at radius 3 is 2.25 bits per heavy atom. The normalized spacial score (nSPS) is 13.4. The quantitative estimate of drug-likeness (QED) is 0.129. The van der Waals surface area contributed by atoms with Crippen molar-refractivity contribution < 1.29 is 9.30 Å². The molecule has 0 radical (unpaired) electrons. The van der Waals surface area contributed by atoms with Gasteiger partial charge in [-0.05, 0) is 52.4 Å². The lowest BCUT2D eigenvalue weighted by Gasteiger charge is -2.31. The molecule has 182 valence electrons. The molecule has 0 aliphatic carbocycles. The van der Waals surface area contributed by atoms with E-state index in [1.807, 2.05) is 0 Å². The summed E-state index contributed by atoms with van der Waals surface area (Å²) in [5, 5.41) is 9.28. The van der Waals surface area contributed by atoms with Gasteiger partial charge in [0.05, 0.1) is 19.0 Å². The van der Waals surface area contributed by atoms with E-state index in [0.717, 1.165) is 11.5 Å². The molecule has 0 bridgehead atoms. The summed E-state index contributed by atoms with van der Waals surface area (Å²) in [6.45, 7) is 18.7. The van der Waals surface area contributed by atoms with Crippen LogP contribution in [0.4, 0.5) is 0 Å². The molecule has 0 spiro atoms. The number of fused-ring (bicyclic) bond motifs is 5. The predicted molar refractivity (Wildman–Crippen MR) is 157 cm³/mol.